The zero-order valence-corrected chi connectivity index (χ0v) is 14.5. The smallest absolute Gasteiger partial charge is 0.407 e. The molecular formula is C16H27N3O4. The highest BCUT2D eigenvalue weighted by atomic mass is 16.5. The SMILES string of the molecule is COC(=O)NC(C(=O)N1CC2CC2C1C(=O)NC(C)C)C(C)C. The van der Waals surface area contributed by atoms with Gasteiger partial charge in [0.05, 0.1) is 7.11 Å². The first-order valence-corrected chi connectivity index (χ1v) is 8.21. The first-order valence-electron chi connectivity index (χ1n) is 8.21. The molecule has 1 saturated heterocycles. The van der Waals surface area contributed by atoms with Gasteiger partial charge in [0.15, 0.2) is 0 Å². The van der Waals surface area contributed by atoms with E-state index in [4.69, 9.17) is 0 Å². The lowest BCUT2D eigenvalue weighted by Crippen LogP contribution is -2.56. The average Bonchev–Trinajstić information content (AvgIpc) is 3.12. The number of methoxy groups -OCH3 is 1. The van der Waals surface area contributed by atoms with Crippen molar-refractivity contribution in [3.63, 3.8) is 0 Å². The Morgan fingerprint density at radius 2 is 1.78 bits per heavy atom. The van der Waals surface area contributed by atoms with Crippen molar-refractivity contribution < 1.29 is 19.1 Å². The molecule has 2 fully saturated rings. The molecule has 0 spiro atoms. The Kier molecular flexibility index (Phi) is 5.16. The first-order chi connectivity index (χ1) is 10.8. The molecule has 2 aliphatic rings. The summed E-state index contributed by atoms with van der Waals surface area (Å²) in [6.45, 7) is 8.11. The third-order valence-electron chi connectivity index (χ3n) is 4.52. The molecule has 1 saturated carbocycles. The zero-order chi connectivity index (χ0) is 17.3. The van der Waals surface area contributed by atoms with Gasteiger partial charge in [0.2, 0.25) is 11.8 Å². The number of nitrogens with one attached hydrogen (secondary N) is 2. The van der Waals surface area contributed by atoms with Crippen molar-refractivity contribution in [3.05, 3.63) is 0 Å². The van der Waals surface area contributed by atoms with Crippen LogP contribution in [0.1, 0.15) is 34.1 Å². The van der Waals surface area contributed by atoms with E-state index in [1.54, 1.807) is 4.90 Å². The zero-order valence-electron chi connectivity index (χ0n) is 14.5. The standard InChI is InChI=1S/C16H27N3O4/c1-8(2)12(18-16(22)23-5)15(21)19-7-10-6-11(10)13(19)14(20)17-9(3)4/h8-13H,6-7H2,1-5H3,(H,17,20)(H,18,22). The molecule has 1 aliphatic carbocycles. The van der Waals surface area contributed by atoms with Crippen molar-refractivity contribution in [1.82, 2.24) is 15.5 Å². The number of fused-ring (bicyclic) bond motifs is 1. The van der Waals surface area contributed by atoms with E-state index in [9.17, 15) is 14.4 Å². The predicted octanol–water partition coefficient (Wildman–Crippen LogP) is 0.738. The number of amides is 3. The van der Waals surface area contributed by atoms with Crippen molar-refractivity contribution in [2.45, 2.75) is 52.2 Å². The van der Waals surface area contributed by atoms with Gasteiger partial charge in [-0.25, -0.2) is 4.79 Å². The Labute approximate surface area is 137 Å². The van der Waals surface area contributed by atoms with Gasteiger partial charge in [-0.2, -0.15) is 0 Å². The van der Waals surface area contributed by atoms with Crippen LogP contribution in [0, 0.1) is 17.8 Å². The number of hydrogen-bond acceptors (Lipinski definition) is 4. The van der Waals surface area contributed by atoms with Gasteiger partial charge in [-0.1, -0.05) is 13.8 Å². The van der Waals surface area contributed by atoms with E-state index in [0.29, 0.717) is 12.5 Å². The number of carbonyl (C=O) groups excluding carboxylic acids is 3. The average molecular weight is 325 g/mol. The normalized spacial score (nSPS) is 26.7. The molecule has 0 aromatic carbocycles. The minimum atomic E-state index is -0.686. The number of rotatable bonds is 5. The number of carbonyl (C=O) groups is 3. The number of alkyl carbamates (subject to hydrolysis) is 1. The molecular weight excluding hydrogens is 298 g/mol. The monoisotopic (exact) mass is 325 g/mol. The van der Waals surface area contributed by atoms with E-state index in [2.05, 4.69) is 15.4 Å². The molecule has 23 heavy (non-hydrogen) atoms. The summed E-state index contributed by atoms with van der Waals surface area (Å²) >= 11 is 0. The molecule has 3 amide bonds. The van der Waals surface area contributed by atoms with Gasteiger partial charge < -0.3 is 20.3 Å². The van der Waals surface area contributed by atoms with Crippen molar-refractivity contribution >= 4 is 17.9 Å². The topological polar surface area (TPSA) is 87.7 Å². The van der Waals surface area contributed by atoms with Gasteiger partial charge in [0.1, 0.15) is 12.1 Å². The van der Waals surface area contributed by atoms with Gasteiger partial charge in [0.25, 0.3) is 0 Å². The fraction of sp³-hybridized carbons (Fsp3) is 0.812. The Morgan fingerprint density at radius 3 is 2.30 bits per heavy atom. The third-order valence-corrected chi connectivity index (χ3v) is 4.52. The quantitative estimate of drug-likeness (QED) is 0.780. The minimum absolute atomic E-state index is 0.0336. The molecule has 2 rings (SSSR count). The molecule has 1 aliphatic heterocycles. The number of ether oxygens (including phenoxy) is 1. The maximum atomic E-state index is 12.9. The van der Waals surface area contributed by atoms with Crippen molar-refractivity contribution in [2.75, 3.05) is 13.7 Å². The second-order valence-corrected chi connectivity index (χ2v) is 7.12. The lowest BCUT2D eigenvalue weighted by molar-refractivity contribution is -0.142. The molecule has 0 aromatic rings. The second-order valence-electron chi connectivity index (χ2n) is 7.12. The summed E-state index contributed by atoms with van der Waals surface area (Å²) in [5, 5.41) is 5.49. The first kappa shape index (κ1) is 17.6. The summed E-state index contributed by atoms with van der Waals surface area (Å²) in [5.41, 5.74) is 0. The summed E-state index contributed by atoms with van der Waals surface area (Å²) < 4.78 is 4.60. The van der Waals surface area contributed by atoms with Gasteiger partial charge in [-0.05, 0) is 38.0 Å². The molecule has 4 atom stereocenters. The third kappa shape index (κ3) is 3.76. The van der Waals surface area contributed by atoms with Crippen molar-refractivity contribution in [3.8, 4) is 0 Å². The van der Waals surface area contributed by atoms with Crippen LogP contribution in [0.2, 0.25) is 0 Å². The van der Waals surface area contributed by atoms with Crippen LogP contribution in [0.25, 0.3) is 0 Å². The van der Waals surface area contributed by atoms with Crippen molar-refractivity contribution in [1.29, 1.82) is 0 Å². The number of hydrogen-bond donors (Lipinski definition) is 2. The van der Waals surface area contributed by atoms with Gasteiger partial charge >= 0.3 is 6.09 Å². The van der Waals surface area contributed by atoms with E-state index in [1.165, 1.54) is 7.11 Å². The van der Waals surface area contributed by atoms with Crippen LogP contribution < -0.4 is 10.6 Å². The molecule has 1 heterocycles. The Hall–Kier alpha value is -1.79. The Balaban J connectivity index is 2.12. The molecule has 0 radical (unpaired) electrons. The largest absolute Gasteiger partial charge is 0.453 e. The number of nitrogens with zero attached hydrogens (tertiary/aromatic N) is 1. The van der Waals surface area contributed by atoms with Crippen LogP contribution in [0.5, 0.6) is 0 Å². The molecule has 4 unspecified atom stereocenters. The summed E-state index contributed by atoms with van der Waals surface area (Å²) in [6.07, 6.45) is 0.362. The highest BCUT2D eigenvalue weighted by Crippen LogP contribution is 2.49. The van der Waals surface area contributed by atoms with E-state index in [0.717, 1.165) is 6.42 Å². The fourth-order valence-electron chi connectivity index (χ4n) is 3.28. The van der Waals surface area contributed by atoms with Crippen molar-refractivity contribution in [2.24, 2.45) is 17.8 Å². The lowest BCUT2D eigenvalue weighted by Gasteiger charge is -2.32. The number of piperidine rings is 1. The summed E-state index contributed by atoms with van der Waals surface area (Å²) in [6, 6.07) is -1.07. The van der Waals surface area contributed by atoms with Crippen LogP contribution >= 0.6 is 0 Å². The van der Waals surface area contributed by atoms with Gasteiger partial charge in [-0.3, -0.25) is 9.59 Å². The van der Waals surface area contributed by atoms with E-state index in [1.807, 2.05) is 27.7 Å². The molecule has 130 valence electrons. The Morgan fingerprint density at radius 1 is 1.13 bits per heavy atom. The number of likely N-dealkylation sites (tertiary alicyclic amines) is 1. The van der Waals surface area contributed by atoms with Gasteiger partial charge in [-0.15, -0.1) is 0 Å². The maximum absolute atomic E-state index is 12.9. The van der Waals surface area contributed by atoms with Gasteiger partial charge in [0, 0.05) is 12.6 Å². The lowest BCUT2D eigenvalue weighted by atomic mass is 10.0. The summed E-state index contributed by atoms with van der Waals surface area (Å²) in [7, 11) is 1.27. The molecule has 2 N–H and O–H groups in total. The summed E-state index contributed by atoms with van der Waals surface area (Å²) in [5.74, 6) is 0.268. The van der Waals surface area contributed by atoms with Crippen LogP contribution in [-0.2, 0) is 14.3 Å². The highest BCUT2D eigenvalue weighted by molar-refractivity contribution is 5.92. The second kappa shape index (κ2) is 6.76. The maximum Gasteiger partial charge on any atom is 0.407 e. The van der Waals surface area contributed by atoms with Crippen LogP contribution in [-0.4, -0.2) is 54.6 Å². The van der Waals surface area contributed by atoms with E-state index >= 15 is 0 Å². The predicted molar refractivity (Wildman–Crippen MR) is 84.5 cm³/mol. The minimum Gasteiger partial charge on any atom is -0.453 e. The highest BCUT2D eigenvalue weighted by Gasteiger charge is 2.57. The summed E-state index contributed by atoms with van der Waals surface area (Å²) in [4.78, 5) is 38.5. The van der Waals surface area contributed by atoms with E-state index < -0.39 is 18.2 Å². The molecule has 0 aromatic heterocycles. The van der Waals surface area contributed by atoms with Crippen LogP contribution in [0.4, 0.5) is 4.79 Å². The van der Waals surface area contributed by atoms with Crippen LogP contribution in [0.3, 0.4) is 0 Å². The fourth-order valence-corrected chi connectivity index (χ4v) is 3.28. The Bertz CT molecular complexity index is 492. The van der Waals surface area contributed by atoms with E-state index in [-0.39, 0.29) is 29.7 Å². The molecule has 7 heteroatoms. The van der Waals surface area contributed by atoms with Crippen LogP contribution in [0.15, 0.2) is 0 Å². The molecule has 0 bridgehead atoms. The molecule has 7 nitrogen and oxygen atoms in total.